The van der Waals surface area contributed by atoms with E-state index in [1.807, 2.05) is 30.3 Å². The molecule has 0 spiro atoms. The number of para-hydroxylation sites is 2. The fourth-order valence-corrected chi connectivity index (χ4v) is 3.46. The Hall–Kier alpha value is -3.42. The van der Waals surface area contributed by atoms with Crippen LogP contribution in [0.3, 0.4) is 0 Å². The quantitative estimate of drug-likeness (QED) is 0.727. The van der Waals surface area contributed by atoms with Crippen molar-refractivity contribution in [2.75, 3.05) is 18.6 Å². The Morgan fingerprint density at radius 2 is 2.07 bits per heavy atom. The minimum absolute atomic E-state index is 0.0506. The number of likely N-dealkylation sites (N-methyl/N-ethyl adjacent to an activating group) is 1. The summed E-state index contributed by atoms with van der Waals surface area (Å²) >= 11 is 0. The smallest absolute Gasteiger partial charge is 0.274 e. The zero-order chi connectivity index (χ0) is 19.3. The lowest BCUT2D eigenvalue weighted by molar-refractivity contribution is -0.120. The summed E-state index contributed by atoms with van der Waals surface area (Å²) in [6, 6.07) is 10.3. The number of nitrogens with one attached hydrogen (secondary N) is 2. The molecule has 8 nitrogen and oxygen atoms in total. The van der Waals surface area contributed by atoms with Crippen LogP contribution in [-0.4, -0.2) is 46.7 Å². The predicted molar refractivity (Wildman–Crippen MR) is 102 cm³/mol. The van der Waals surface area contributed by atoms with E-state index in [-0.39, 0.29) is 18.2 Å². The van der Waals surface area contributed by atoms with Crippen molar-refractivity contribution in [1.29, 1.82) is 0 Å². The van der Waals surface area contributed by atoms with Crippen LogP contribution in [0.15, 0.2) is 36.4 Å². The van der Waals surface area contributed by atoms with E-state index in [0.717, 1.165) is 18.5 Å². The third-order valence-electron chi connectivity index (χ3n) is 5.21. The van der Waals surface area contributed by atoms with Gasteiger partial charge in [-0.25, -0.2) is 4.98 Å². The molecule has 0 bridgehead atoms. The van der Waals surface area contributed by atoms with Crippen LogP contribution >= 0.6 is 0 Å². The second-order valence-electron chi connectivity index (χ2n) is 7.18. The molecule has 0 saturated heterocycles. The zero-order valence-corrected chi connectivity index (χ0v) is 15.3. The summed E-state index contributed by atoms with van der Waals surface area (Å²) in [4.78, 5) is 31.8. The molecule has 142 valence electrons. The van der Waals surface area contributed by atoms with Crippen LogP contribution in [0.5, 0.6) is 5.75 Å². The summed E-state index contributed by atoms with van der Waals surface area (Å²) in [5, 5.41) is 9.72. The standard InChI is InChI=1S/C20H19N5O3/c1-25-15-4-2-3-5-16(15)28-10-14(20(25)27)22-19(26)18-17-13(23-24-18)9-8-12(21-17)11-6-7-11/h2-5,8-9,11,14H,6-7,10H2,1H3,(H,22,26)(H,23,24)/t14-/m0/s1. The topological polar surface area (TPSA) is 100 Å². The lowest BCUT2D eigenvalue weighted by Gasteiger charge is -2.20. The number of benzene rings is 1. The molecule has 1 aromatic carbocycles. The fourth-order valence-electron chi connectivity index (χ4n) is 3.46. The minimum Gasteiger partial charge on any atom is -0.489 e. The minimum atomic E-state index is -0.816. The summed E-state index contributed by atoms with van der Waals surface area (Å²) in [5.74, 6) is 0.382. The molecule has 1 aliphatic heterocycles. The van der Waals surface area contributed by atoms with Gasteiger partial charge in [-0.15, -0.1) is 0 Å². The molecule has 1 saturated carbocycles. The highest BCUT2D eigenvalue weighted by Gasteiger charge is 2.32. The number of pyridine rings is 1. The molecule has 1 fully saturated rings. The normalized spacial score (nSPS) is 19.1. The zero-order valence-electron chi connectivity index (χ0n) is 15.3. The monoisotopic (exact) mass is 377 g/mol. The van der Waals surface area contributed by atoms with Crippen molar-refractivity contribution in [3.63, 3.8) is 0 Å². The summed E-state index contributed by atoms with van der Waals surface area (Å²) in [6.07, 6.45) is 2.25. The van der Waals surface area contributed by atoms with Gasteiger partial charge in [-0.2, -0.15) is 5.10 Å². The number of aromatic amines is 1. The van der Waals surface area contributed by atoms with E-state index in [1.54, 1.807) is 13.1 Å². The Bertz CT molecular complexity index is 1090. The number of carbonyl (C=O) groups is 2. The second kappa shape index (κ2) is 6.33. The predicted octanol–water partition coefficient (Wildman–Crippen LogP) is 1.99. The first-order valence-electron chi connectivity index (χ1n) is 9.27. The van der Waals surface area contributed by atoms with Gasteiger partial charge in [0.1, 0.15) is 23.9 Å². The molecule has 5 rings (SSSR count). The van der Waals surface area contributed by atoms with Gasteiger partial charge in [-0.05, 0) is 37.1 Å². The van der Waals surface area contributed by atoms with Crippen molar-refractivity contribution in [3.8, 4) is 5.75 Å². The van der Waals surface area contributed by atoms with Crippen LogP contribution in [-0.2, 0) is 4.79 Å². The SMILES string of the molecule is CN1C(=O)[C@@H](NC(=O)c2n[nH]c3ccc(C4CC4)nc23)COc2ccccc21. The maximum Gasteiger partial charge on any atom is 0.274 e. The molecule has 3 heterocycles. The van der Waals surface area contributed by atoms with Crippen LogP contribution in [0.2, 0.25) is 0 Å². The fraction of sp³-hybridized carbons (Fsp3) is 0.300. The van der Waals surface area contributed by atoms with E-state index >= 15 is 0 Å². The van der Waals surface area contributed by atoms with Gasteiger partial charge in [0.15, 0.2) is 5.69 Å². The number of nitrogens with zero attached hydrogens (tertiary/aromatic N) is 3. The van der Waals surface area contributed by atoms with E-state index in [9.17, 15) is 9.59 Å². The highest BCUT2D eigenvalue weighted by molar-refractivity contribution is 6.06. The van der Waals surface area contributed by atoms with E-state index in [0.29, 0.717) is 28.4 Å². The van der Waals surface area contributed by atoms with Gasteiger partial charge >= 0.3 is 0 Å². The first kappa shape index (κ1) is 16.7. The van der Waals surface area contributed by atoms with E-state index in [2.05, 4.69) is 20.5 Å². The largest absolute Gasteiger partial charge is 0.489 e. The molecule has 2 amide bonds. The van der Waals surface area contributed by atoms with Gasteiger partial charge in [0.2, 0.25) is 0 Å². The average molecular weight is 377 g/mol. The number of carbonyl (C=O) groups excluding carboxylic acids is 2. The van der Waals surface area contributed by atoms with Crippen LogP contribution < -0.4 is 15.0 Å². The third kappa shape index (κ3) is 2.77. The number of amides is 2. The average Bonchev–Trinajstić information content (AvgIpc) is 3.49. The number of anilines is 1. The van der Waals surface area contributed by atoms with Crippen molar-refractivity contribution < 1.29 is 14.3 Å². The van der Waals surface area contributed by atoms with E-state index < -0.39 is 11.9 Å². The number of ether oxygens (including phenoxy) is 1. The van der Waals surface area contributed by atoms with Crippen LogP contribution in [0.25, 0.3) is 11.0 Å². The Labute approximate surface area is 160 Å². The Morgan fingerprint density at radius 3 is 2.89 bits per heavy atom. The van der Waals surface area contributed by atoms with Crippen molar-refractivity contribution in [2.45, 2.75) is 24.8 Å². The summed E-state index contributed by atoms with van der Waals surface area (Å²) in [5.41, 5.74) is 3.06. The molecule has 1 aliphatic carbocycles. The molecule has 1 atom stereocenters. The molecule has 8 heteroatoms. The molecule has 2 N–H and O–H groups in total. The van der Waals surface area contributed by atoms with Gasteiger partial charge in [-0.3, -0.25) is 14.7 Å². The summed E-state index contributed by atoms with van der Waals surface area (Å²) < 4.78 is 5.75. The van der Waals surface area contributed by atoms with Gasteiger partial charge in [0, 0.05) is 18.7 Å². The molecule has 2 aliphatic rings. The molecular formula is C20H19N5O3. The Kier molecular flexibility index (Phi) is 3.78. The number of H-pyrrole nitrogens is 1. The van der Waals surface area contributed by atoms with Gasteiger partial charge in [-0.1, -0.05) is 12.1 Å². The molecular weight excluding hydrogens is 358 g/mol. The van der Waals surface area contributed by atoms with E-state index in [4.69, 9.17) is 4.74 Å². The van der Waals surface area contributed by atoms with Crippen LogP contribution in [0.1, 0.15) is 34.9 Å². The third-order valence-corrected chi connectivity index (χ3v) is 5.21. The Morgan fingerprint density at radius 1 is 1.25 bits per heavy atom. The molecule has 3 aromatic rings. The molecule has 0 radical (unpaired) electrons. The number of rotatable bonds is 3. The van der Waals surface area contributed by atoms with Crippen molar-refractivity contribution in [1.82, 2.24) is 20.5 Å². The van der Waals surface area contributed by atoms with Crippen molar-refractivity contribution in [2.24, 2.45) is 0 Å². The number of aromatic nitrogens is 3. The number of hydrogen-bond acceptors (Lipinski definition) is 5. The first-order valence-corrected chi connectivity index (χ1v) is 9.27. The maximum atomic E-state index is 12.9. The highest BCUT2D eigenvalue weighted by atomic mass is 16.5. The second-order valence-corrected chi connectivity index (χ2v) is 7.18. The molecule has 2 aromatic heterocycles. The van der Waals surface area contributed by atoms with E-state index in [1.165, 1.54) is 4.90 Å². The Balaban J connectivity index is 1.40. The molecule has 28 heavy (non-hydrogen) atoms. The van der Waals surface area contributed by atoms with Crippen LogP contribution in [0.4, 0.5) is 5.69 Å². The van der Waals surface area contributed by atoms with Gasteiger partial charge in [0.05, 0.1) is 11.2 Å². The molecule has 0 unspecified atom stereocenters. The van der Waals surface area contributed by atoms with Gasteiger partial charge < -0.3 is 15.0 Å². The first-order chi connectivity index (χ1) is 13.6. The van der Waals surface area contributed by atoms with Crippen LogP contribution in [0, 0.1) is 0 Å². The summed E-state index contributed by atoms with van der Waals surface area (Å²) in [6.45, 7) is 0.0506. The lowest BCUT2D eigenvalue weighted by Crippen LogP contribution is -2.49. The highest BCUT2D eigenvalue weighted by Crippen LogP contribution is 2.39. The number of hydrogen-bond donors (Lipinski definition) is 2. The van der Waals surface area contributed by atoms with Crippen molar-refractivity contribution in [3.05, 3.63) is 47.8 Å². The summed E-state index contributed by atoms with van der Waals surface area (Å²) in [7, 11) is 1.67. The maximum absolute atomic E-state index is 12.9. The lowest BCUT2D eigenvalue weighted by atomic mass is 10.2. The van der Waals surface area contributed by atoms with Crippen molar-refractivity contribution >= 4 is 28.5 Å². The van der Waals surface area contributed by atoms with Gasteiger partial charge in [0.25, 0.3) is 11.8 Å². The number of fused-ring (bicyclic) bond motifs is 2.